The van der Waals surface area contributed by atoms with Gasteiger partial charge < -0.3 is 11.1 Å². The Morgan fingerprint density at radius 3 is 2.74 bits per heavy atom. The van der Waals surface area contributed by atoms with Gasteiger partial charge in [0.25, 0.3) is 5.91 Å². The number of nitrogens with one attached hydrogen (secondary N) is 1. The van der Waals surface area contributed by atoms with Crippen LogP contribution in [0, 0.1) is 5.92 Å². The highest BCUT2D eigenvalue weighted by Gasteiger charge is 2.39. The van der Waals surface area contributed by atoms with Crippen molar-refractivity contribution in [1.82, 2.24) is 5.32 Å². The molecule has 1 aromatic heterocycles. The van der Waals surface area contributed by atoms with Crippen LogP contribution in [0.15, 0.2) is 17.5 Å². The second-order valence-electron chi connectivity index (χ2n) is 5.23. The molecule has 1 aliphatic carbocycles. The first-order valence-corrected chi connectivity index (χ1v) is 8.02. The zero-order valence-electron chi connectivity index (χ0n) is 11.1. The maximum Gasteiger partial charge on any atom is 0.262 e. The molecule has 3 N–H and O–H groups in total. The van der Waals surface area contributed by atoms with E-state index in [0.29, 0.717) is 9.87 Å². The highest BCUT2D eigenvalue weighted by molar-refractivity contribution is 7.80. The van der Waals surface area contributed by atoms with Crippen molar-refractivity contribution < 1.29 is 4.79 Å². The summed E-state index contributed by atoms with van der Waals surface area (Å²) in [6.45, 7) is 2.21. The molecule has 104 valence electrons. The fraction of sp³-hybridized carbons (Fsp3) is 0.571. The van der Waals surface area contributed by atoms with E-state index in [9.17, 15) is 4.79 Å². The molecule has 1 heterocycles. The van der Waals surface area contributed by atoms with Gasteiger partial charge in [0.05, 0.1) is 15.4 Å². The summed E-state index contributed by atoms with van der Waals surface area (Å²) < 4.78 is 0. The van der Waals surface area contributed by atoms with Crippen molar-refractivity contribution in [2.24, 2.45) is 11.7 Å². The average Bonchev–Trinajstić information content (AvgIpc) is 2.93. The summed E-state index contributed by atoms with van der Waals surface area (Å²) in [6, 6.07) is 3.70. The molecule has 0 radical (unpaired) electrons. The smallest absolute Gasteiger partial charge is 0.262 e. The minimum absolute atomic E-state index is 0.0576. The number of nitrogens with two attached hydrogens (primary N) is 1. The van der Waals surface area contributed by atoms with E-state index in [0.717, 1.165) is 31.6 Å². The Morgan fingerprint density at radius 1 is 1.58 bits per heavy atom. The molecular formula is C14H20N2OS2. The van der Waals surface area contributed by atoms with E-state index in [1.807, 2.05) is 17.5 Å². The predicted molar refractivity (Wildman–Crippen MR) is 83.6 cm³/mol. The van der Waals surface area contributed by atoms with Crippen LogP contribution in [0.1, 0.15) is 48.7 Å². The Kier molecular flexibility index (Phi) is 4.58. The van der Waals surface area contributed by atoms with Crippen molar-refractivity contribution in [3.8, 4) is 0 Å². The van der Waals surface area contributed by atoms with E-state index in [1.165, 1.54) is 17.8 Å². The number of rotatable bonds is 4. The van der Waals surface area contributed by atoms with Crippen LogP contribution in [0.3, 0.4) is 0 Å². The summed E-state index contributed by atoms with van der Waals surface area (Å²) in [4.78, 5) is 13.4. The Morgan fingerprint density at radius 2 is 2.26 bits per heavy atom. The summed E-state index contributed by atoms with van der Waals surface area (Å²) in [5.41, 5.74) is 5.43. The Balaban J connectivity index is 2.09. The number of thiophene rings is 1. The standard InChI is InChI=1S/C14H20N2OS2/c1-2-10-5-7-14(8-6-10,13(15)18)16-12(17)11-4-3-9-19-11/h3-4,9-10H,2,5-8H2,1H3,(H2,15,18)(H,16,17). The predicted octanol–water partition coefficient (Wildman–Crippen LogP) is 3.10. The molecule has 0 saturated heterocycles. The topological polar surface area (TPSA) is 55.1 Å². The molecule has 2 rings (SSSR count). The molecule has 0 aliphatic heterocycles. The van der Waals surface area contributed by atoms with Crippen molar-refractivity contribution in [3.63, 3.8) is 0 Å². The third-order valence-electron chi connectivity index (χ3n) is 4.11. The van der Waals surface area contributed by atoms with Crippen molar-refractivity contribution >= 4 is 34.5 Å². The third kappa shape index (κ3) is 3.15. The molecular weight excluding hydrogens is 276 g/mol. The van der Waals surface area contributed by atoms with Crippen LogP contribution >= 0.6 is 23.6 Å². The normalized spacial score (nSPS) is 26.9. The SMILES string of the molecule is CCC1CCC(NC(=O)c2cccs2)(C(N)=S)CC1. The van der Waals surface area contributed by atoms with Gasteiger partial charge in [0, 0.05) is 0 Å². The van der Waals surface area contributed by atoms with Crippen LogP contribution < -0.4 is 11.1 Å². The van der Waals surface area contributed by atoms with E-state index in [4.69, 9.17) is 18.0 Å². The number of hydrogen-bond acceptors (Lipinski definition) is 3. The number of carbonyl (C=O) groups is 1. The van der Waals surface area contributed by atoms with Crippen molar-refractivity contribution in [3.05, 3.63) is 22.4 Å². The van der Waals surface area contributed by atoms with Gasteiger partial charge in [-0.25, -0.2) is 0 Å². The number of amides is 1. The Hall–Kier alpha value is -0.940. The van der Waals surface area contributed by atoms with Gasteiger partial charge in [-0.3, -0.25) is 4.79 Å². The molecule has 19 heavy (non-hydrogen) atoms. The first-order valence-electron chi connectivity index (χ1n) is 6.73. The lowest BCUT2D eigenvalue weighted by molar-refractivity contribution is 0.0902. The summed E-state index contributed by atoms with van der Waals surface area (Å²) in [6.07, 6.45) is 5.07. The highest BCUT2D eigenvalue weighted by Crippen LogP contribution is 2.34. The maximum atomic E-state index is 12.2. The molecule has 1 aliphatic rings. The van der Waals surface area contributed by atoms with E-state index in [2.05, 4.69) is 12.2 Å². The van der Waals surface area contributed by atoms with E-state index >= 15 is 0 Å². The van der Waals surface area contributed by atoms with Crippen molar-refractivity contribution in [2.75, 3.05) is 0 Å². The Labute approximate surface area is 123 Å². The Bertz CT molecular complexity index is 448. The largest absolute Gasteiger partial charge is 0.391 e. The van der Waals surface area contributed by atoms with Crippen LogP contribution in [0.5, 0.6) is 0 Å². The molecule has 1 saturated carbocycles. The minimum Gasteiger partial charge on any atom is -0.391 e. The van der Waals surface area contributed by atoms with Gasteiger partial charge in [-0.15, -0.1) is 11.3 Å². The van der Waals surface area contributed by atoms with Gasteiger partial charge in [0.1, 0.15) is 0 Å². The molecule has 0 spiro atoms. The molecule has 0 bridgehead atoms. The molecule has 0 aromatic carbocycles. The second-order valence-corrected chi connectivity index (χ2v) is 6.62. The molecule has 5 heteroatoms. The lowest BCUT2D eigenvalue weighted by Crippen LogP contribution is -2.58. The number of carbonyl (C=O) groups excluding carboxylic acids is 1. The van der Waals surface area contributed by atoms with Crippen LogP contribution in [0.4, 0.5) is 0 Å². The van der Waals surface area contributed by atoms with Crippen LogP contribution in [0.2, 0.25) is 0 Å². The second kappa shape index (κ2) is 6.01. The zero-order chi connectivity index (χ0) is 13.9. The minimum atomic E-state index is -0.484. The monoisotopic (exact) mass is 296 g/mol. The van der Waals surface area contributed by atoms with Gasteiger partial charge >= 0.3 is 0 Å². The van der Waals surface area contributed by atoms with Gasteiger partial charge in [0.15, 0.2) is 0 Å². The fourth-order valence-electron chi connectivity index (χ4n) is 2.70. The van der Waals surface area contributed by atoms with Gasteiger partial charge in [0.2, 0.25) is 0 Å². The summed E-state index contributed by atoms with van der Waals surface area (Å²) >= 11 is 6.66. The first-order chi connectivity index (χ1) is 9.07. The zero-order valence-corrected chi connectivity index (χ0v) is 12.8. The fourth-order valence-corrected chi connectivity index (χ4v) is 3.57. The van der Waals surface area contributed by atoms with Crippen molar-refractivity contribution in [2.45, 2.75) is 44.6 Å². The van der Waals surface area contributed by atoms with E-state index in [-0.39, 0.29) is 5.91 Å². The summed E-state index contributed by atoms with van der Waals surface area (Å²) in [7, 11) is 0. The summed E-state index contributed by atoms with van der Waals surface area (Å²) in [5.74, 6) is 0.680. The van der Waals surface area contributed by atoms with Crippen LogP contribution in [-0.4, -0.2) is 16.4 Å². The molecule has 0 atom stereocenters. The lowest BCUT2D eigenvalue weighted by atomic mass is 9.75. The quantitative estimate of drug-likeness (QED) is 0.839. The highest BCUT2D eigenvalue weighted by atomic mass is 32.1. The molecule has 1 amide bonds. The van der Waals surface area contributed by atoms with Gasteiger partial charge in [-0.05, 0) is 43.0 Å². The van der Waals surface area contributed by atoms with Gasteiger partial charge in [-0.1, -0.05) is 31.6 Å². The van der Waals surface area contributed by atoms with E-state index in [1.54, 1.807) is 0 Å². The number of hydrogen-bond donors (Lipinski definition) is 2. The lowest BCUT2D eigenvalue weighted by Gasteiger charge is -2.39. The molecule has 0 unspecified atom stereocenters. The third-order valence-corrected chi connectivity index (χ3v) is 5.36. The summed E-state index contributed by atoms with van der Waals surface area (Å²) in [5, 5.41) is 4.98. The van der Waals surface area contributed by atoms with Crippen LogP contribution in [-0.2, 0) is 0 Å². The molecule has 3 nitrogen and oxygen atoms in total. The molecule has 1 aromatic rings. The number of thiocarbonyl (C=S) groups is 1. The molecule has 1 fully saturated rings. The van der Waals surface area contributed by atoms with Gasteiger partial charge in [-0.2, -0.15) is 0 Å². The van der Waals surface area contributed by atoms with E-state index < -0.39 is 5.54 Å². The first kappa shape index (κ1) is 14.5. The van der Waals surface area contributed by atoms with Crippen molar-refractivity contribution in [1.29, 1.82) is 0 Å². The van der Waals surface area contributed by atoms with Crippen LogP contribution in [0.25, 0.3) is 0 Å². The maximum absolute atomic E-state index is 12.2. The average molecular weight is 296 g/mol.